The fourth-order valence-electron chi connectivity index (χ4n) is 0.893. The van der Waals surface area contributed by atoms with Crippen LogP contribution in [0, 0.1) is 0 Å². The molecule has 0 atom stereocenters. The first-order valence-electron chi connectivity index (χ1n) is 3.50. The molecule has 4 N–H and O–H groups in total. The van der Waals surface area contributed by atoms with Crippen molar-refractivity contribution in [2.24, 2.45) is 0 Å². The van der Waals surface area contributed by atoms with Crippen molar-refractivity contribution < 1.29 is 5.11 Å². The average molecular weight is 155 g/mol. The molecule has 1 heterocycles. The van der Waals surface area contributed by atoms with E-state index >= 15 is 0 Å². The number of H-pyrrole nitrogens is 1. The Balaban J connectivity index is 2.60. The Hall–Kier alpha value is -1.16. The highest BCUT2D eigenvalue weighted by atomic mass is 16.3. The summed E-state index contributed by atoms with van der Waals surface area (Å²) in [5.41, 5.74) is 5.47. The Morgan fingerprint density at radius 3 is 2.82 bits per heavy atom. The number of anilines is 2. The number of aliphatic hydroxyl groups is 1. The molecule has 4 heteroatoms. The van der Waals surface area contributed by atoms with Gasteiger partial charge in [0.1, 0.15) is 11.6 Å². The summed E-state index contributed by atoms with van der Waals surface area (Å²) >= 11 is 0. The van der Waals surface area contributed by atoms with E-state index in [0.29, 0.717) is 12.4 Å². The maximum absolute atomic E-state index is 8.62. The van der Waals surface area contributed by atoms with Gasteiger partial charge >= 0.3 is 0 Å². The van der Waals surface area contributed by atoms with Crippen LogP contribution in [0.1, 0.15) is 0 Å². The van der Waals surface area contributed by atoms with Gasteiger partial charge < -0.3 is 20.7 Å². The molecule has 62 valence electrons. The van der Waals surface area contributed by atoms with E-state index in [9.17, 15) is 0 Å². The molecular weight excluding hydrogens is 142 g/mol. The molecule has 0 spiro atoms. The third-order valence-corrected chi connectivity index (χ3v) is 1.54. The fourth-order valence-corrected chi connectivity index (χ4v) is 0.893. The summed E-state index contributed by atoms with van der Waals surface area (Å²) in [5.74, 6) is 1.57. The van der Waals surface area contributed by atoms with E-state index in [2.05, 4.69) is 4.98 Å². The molecule has 0 aromatic carbocycles. The Labute approximate surface area is 65.6 Å². The minimum absolute atomic E-state index is 0.148. The normalized spacial score (nSPS) is 10.0. The van der Waals surface area contributed by atoms with Crippen LogP contribution in [0.4, 0.5) is 11.6 Å². The summed E-state index contributed by atoms with van der Waals surface area (Å²) in [7, 11) is 1.89. The van der Waals surface area contributed by atoms with Gasteiger partial charge in [0.2, 0.25) is 0 Å². The zero-order valence-electron chi connectivity index (χ0n) is 6.54. The number of hydrogen-bond donors (Lipinski definition) is 3. The molecular formula is C7H13N3O. The Kier molecular flexibility index (Phi) is 2.38. The second kappa shape index (κ2) is 3.30. The second-order valence-electron chi connectivity index (χ2n) is 2.44. The Morgan fingerprint density at radius 1 is 1.64 bits per heavy atom. The van der Waals surface area contributed by atoms with Gasteiger partial charge in [0.15, 0.2) is 0 Å². The lowest BCUT2D eigenvalue weighted by atomic mass is 10.5. The van der Waals surface area contributed by atoms with Crippen LogP contribution >= 0.6 is 0 Å². The maximum atomic E-state index is 8.62. The summed E-state index contributed by atoms with van der Waals surface area (Å²) in [4.78, 5) is 4.85. The van der Waals surface area contributed by atoms with Gasteiger partial charge in [-0.05, 0) is 12.1 Å². The number of rotatable bonds is 3. The van der Waals surface area contributed by atoms with E-state index in [4.69, 9.17) is 10.8 Å². The number of aromatic nitrogens is 1. The summed E-state index contributed by atoms with van der Waals surface area (Å²) in [6, 6.07) is 3.67. The van der Waals surface area contributed by atoms with Crippen molar-refractivity contribution >= 4 is 11.6 Å². The number of nitrogen functional groups attached to an aromatic ring is 1. The molecule has 0 saturated heterocycles. The van der Waals surface area contributed by atoms with Gasteiger partial charge in [-0.15, -0.1) is 0 Å². The van der Waals surface area contributed by atoms with E-state index in [1.807, 2.05) is 18.0 Å². The zero-order valence-corrected chi connectivity index (χ0v) is 6.54. The number of aromatic amines is 1. The first-order valence-corrected chi connectivity index (χ1v) is 3.50. The average Bonchev–Trinajstić information content (AvgIpc) is 2.36. The SMILES string of the molecule is CN(CCO)c1ccc(N)[nH]1. The van der Waals surface area contributed by atoms with Gasteiger partial charge in [0.05, 0.1) is 6.61 Å². The summed E-state index contributed by atoms with van der Waals surface area (Å²) < 4.78 is 0. The van der Waals surface area contributed by atoms with Crippen LogP contribution in [0.3, 0.4) is 0 Å². The molecule has 1 aromatic heterocycles. The first kappa shape index (κ1) is 7.94. The highest BCUT2D eigenvalue weighted by Gasteiger charge is 2.00. The van der Waals surface area contributed by atoms with Gasteiger partial charge in [0.25, 0.3) is 0 Å². The number of likely N-dealkylation sites (N-methyl/N-ethyl adjacent to an activating group) is 1. The first-order chi connectivity index (χ1) is 5.24. The van der Waals surface area contributed by atoms with Crippen molar-refractivity contribution in [1.29, 1.82) is 0 Å². The Bertz CT molecular complexity index is 221. The third kappa shape index (κ3) is 1.88. The Morgan fingerprint density at radius 2 is 2.36 bits per heavy atom. The monoisotopic (exact) mass is 155 g/mol. The van der Waals surface area contributed by atoms with Crippen molar-refractivity contribution in [3.05, 3.63) is 12.1 Å². The van der Waals surface area contributed by atoms with Gasteiger partial charge in [0, 0.05) is 13.6 Å². The molecule has 1 aromatic rings. The van der Waals surface area contributed by atoms with Gasteiger partial charge in [-0.3, -0.25) is 0 Å². The highest BCUT2D eigenvalue weighted by molar-refractivity contribution is 5.47. The number of aliphatic hydroxyl groups excluding tert-OH is 1. The van der Waals surface area contributed by atoms with E-state index in [0.717, 1.165) is 5.82 Å². The molecule has 0 unspecified atom stereocenters. The molecule has 0 aliphatic carbocycles. The van der Waals surface area contributed by atoms with Crippen molar-refractivity contribution in [3.8, 4) is 0 Å². The topological polar surface area (TPSA) is 65.3 Å². The van der Waals surface area contributed by atoms with Crippen LogP contribution in [0.5, 0.6) is 0 Å². The molecule has 0 aliphatic heterocycles. The molecule has 0 radical (unpaired) electrons. The molecule has 0 amide bonds. The lowest BCUT2D eigenvalue weighted by Gasteiger charge is -2.14. The molecule has 1 rings (SSSR count). The van der Waals surface area contributed by atoms with Gasteiger partial charge in [-0.2, -0.15) is 0 Å². The van der Waals surface area contributed by atoms with Crippen molar-refractivity contribution in [2.45, 2.75) is 0 Å². The minimum Gasteiger partial charge on any atom is -0.395 e. The summed E-state index contributed by atoms with van der Waals surface area (Å²) in [6.07, 6.45) is 0. The lowest BCUT2D eigenvalue weighted by molar-refractivity contribution is 0.304. The van der Waals surface area contributed by atoms with Gasteiger partial charge in [-0.1, -0.05) is 0 Å². The summed E-state index contributed by atoms with van der Waals surface area (Å²) in [5, 5.41) is 8.62. The zero-order chi connectivity index (χ0) is 8.27. The van der Waals surface area contributed by atoms with E-state index in [-0.39, 0.29) is 6.61 Å². The molecule has 0 bridgehead atoms. The number of nitrogens with two attached hydrogens (primary N) is 1. The number of hydrogen-bond acceptors (Lipinski definition) is 3. The molecule has 11 heavy (non-hydrogen) atoms. The maximum Gasteiger partial charge on any atom is 0.107 e. The van der Waals surface area contributed by atoms with Gasteiger partial charge in [-0.25, -0.2) is 0 Å². The molecule has 0 aliphatic rings. The minimum atomic E-state index is 0.148. The largest absolute Gasteiger partial charge is 0.395 e. The van der Waals surface area contributed by atoms with E-state index in [1.54, 1.807) is 6.07 Å². The molecule has 0 fully saturated rings. The van der Waals surface area contributed by atoms with Crippen LogP contribution in [0.15, 0.2) is 12.1 Å². The van der Waals surface area contributed by atoms with Crippen LogP contribution in [-0.4, -0.2) is 30.3 Å². The highest BCUT2D eigenvalue weighted by Crippen LogP contribution is 2.11. The third-order valence-electron chi connectivity index (χ3n) is 1.54. The van der Waals surface area contributed by atoms with Crippen molar-refractivity contribution in [1.82, 2.24) is 4.98 Å². The molecule has 0 saturated carbocycles. The van der Waals surface area contributed by atoms with Crippen LogP contribution in [-0.2, 0) is 0 Å². The van der Waals surface area contributed by atoms with E-state index < -0.39 is 0 Å². The lowest BCUT2D eigenvalue weighted by Crippen LogP contribution is -2.21. The summed E-state index contributed by atoms with van der Waals surface area (Å²) in [6.45, 7) is 0.759. The standard InChI is InChI=1S/C7H13N3O/c1-10(4-5-11)7-3-2-6(8)9-7/h2-3,9,11H,4-5,8H2,1H3. The fraction of sp³-hybridized carbons (Fsp3) is 0.429. The van der Waals surface area contributed by atoms with Crippen molar-refractivity contribution in [2.75, 3.05) is 30.8 Å². The smallest absolute Gasteiger partial charge is 0.107 e. The quantitative estimate of drug-likeness (QED) is 0.576. The number of nitrogens with zero attached hydrogens (tertiary/aromatic N) is 1. The second-order valence-corrected chi connectivity index (χ2v) is 2.44. The number of nitrogens with one attached hydrogen (secondary N) is 1. The van der Waals surface area contributed by atoms with Crippen LogP contribution in [0.2, 0.25) is 0 Å². The predicted molar refractivity (Wildman–Crippen MR) is 45.6 cm³/mol. The molecule has 4 nitrogen and oxygen atoms in total. The predicted octanol–water partition coefficient (Wildman–Crippen LogP) is 0.0254. The van der Waals surface area contributed by atoms with Crippen molar-refractivity contribution in [3.63, 3.8) is 0 Å². The van der Waals surface area contributed by atoms with Crippen LogP contribution in [0.25, 0.3) is 0 Å². The van der Waals surface area contributed by atoms with E-state index in [1.165, 1.54) is 0 Å². The van der Waals surface area contributed by atoms with Crippen LogP contribution < -0.4 is 10.6 Å².